The summed E-state index contributed by atoms with van der Waals surface area (Å²) >= 11 is 0. The molecule has 0 radical (unpaired) electrons. The molecule has 0 aliphatic rings. The van der Waals surface area contributed by atoms with Gasteiger partial charge in [-0.15, -0.1) is 0 Å². The maximum absolute atomic E-state index is 12.1. The predicted octanol–water partition coefficient (Wildman–Crippen LogP) is 3.71. The highest BCUT2D eigenvalue weighted by Gasteiger charge is 2.08. The molecule has 1 amide bonds. The van der Waals surface area contributed by atoms with Gasteiger partial charge in [-0.1, -0.05) is 36.4 Å². The van der Waals surface area contributed by atoms with Gasteiger partial charge in [0.05, 0.1) is 12.8 Å². The molecule has 0 saturated carbocycles. The van der Waals surface area contributed by atoms with Crippen molar-refractivity contribution >= 4 is 22.9 Å². The normalized spacial score (nSPS) is 10.9. The number of phenols is 1. The Morgan fingerprint density at radius 3 is 2.80 bits per heavy atom. The van der Waals surface area contributed by atoms with Crippen LogP contribution in [-0.2, 0) is 0 Å². The number of aromatic hydroxyl groups is 1. The Morgan fingerprint density at radius 2 is 2.00 bits per heavy atom. The molecule has 3 rings (SSSR count). The number of benzene rings is 3. The molecule has 3 aromatic carbocycles. The van der Waals surface area contributed by atoms with Crippen molar-refractivity contribution < 1.29 is 14.6 Å². The monoisotopic (exact) mass is 334 g/mol. The molecular weight excluding hydrogens is 316 g/mol. The molecule has 0 aliphatic heterocycles. The molecule has 0 spiro atoms. The summed E-state index contributed by atoms with van der Waals surface area (Å²) in [5.41, 5.74) is 3.61. The Hall–Kier alpha value is -3.34. The van der Waals surface area contributed by atoms with Crippen LogP contribution >= 0.6 is 0 Å². The zero-order valence-corrected chi connectivity index (χ0v) is 13.8. The Bertz CT molecular complexity index is 935. The zero-order chi connectivity index (χ0) is 17.6. The van der Waals surface area contributed by atoms with Gasteiger partial charge < -0.3 is 9.84 Å². The Morgan fingerprint density at radius 1 is 1.16 bits per heavy atom. The van der Waals surface area contributed by atoms with E-state index in [1.807, 2.05) is 43.3 Å². The number of ether oxygens (including phenoxy) is 1. The number of hydrogen-bond acceptors (Lipinski definition) is 4. The highest BCUT2D eigenvalue weighted by Crippen LogP contribution is 2.26. The number of carbonyl (C=O) groups is 1. The first-order valence-corrected chi connectivity index (χ1v) is 7.96. The van der Waals surface area contributed by atoms with Gasteiger partial charge in [0.25, 0.3) is 5.91 Å². The molecule has 2 N–H and O–H groups in total. The molecular formula is C20H18N2O3. The van der Waals surface area contributed by atoms with E-state index in [-0.39, 0.29) is 5.75 Å². The average molecular weight is 334 g/mol. The Kier molecular flexibility index (Phi) is 4.95. The van der Waals surface area contributed by atoms with Crippen molar-refractivity contribution in [2.24, 2.45) is 5.10 Å². The SMILES string of the molecule is CCOc1ccc2ccccc2c1/C=N\NC(=O)c1cccc(O)c1. The summed E-state index contributed by atoms with van der Waals surface area (Å²) in [7, 11) is 0. The van der Waals surface area contributed by atoms with E-state index in [0.717, 1.165) is 16.3 Å². The lowest BCUT2D eigenvalue weighted by Crippen LogP contribution is -2.17. The van der Waals surface area contributed by atoms with Crippen molar-refractivity contribution in [1.82, 2.24) is 5.43 Å². The van der Waals surface area contributed by atoms with E-state index in [9.17, 15) is 9.90 Å². The van der Waals surface area contributed by atoms with E-state index in [0.29, 0.717) is 17.9 Å². The molecule has 0 aliphatic carbocycles. The van der Waals surface area contributed by atoms with Crippen LogP contribution in [0.2, 0.25) is 0 Å². The minimum atomic E-state index is -0.398. The standard InChI is InChI=1S/C20H18N2O3/c1-2-25-19-11-10-14-6-3-4-9-17(14)18(19)13-21-22-20(24)15-7-5-8-16(23)12-15/h3-13,23H,2H2,1H3,(H,22,24)/b21-13-. The molecule has 0 saturated heterocycles. The second-order valence-electron chi connectivity index (χ2n) is 5.38. The van der Waals surface area contributed by atoms with Crippen LogP contribution in [0.25, 0.3) is 10.8 Å². The van der Waals surface area contributed by atoms with Crippen LogP contribution in [0, 0.1) is 0 Å². The van der Waals surface area contributed by atoms with Gasteiger partial charge >= 0.3 is 0 Å². The first-order valence-electron chi connectivity index (χ1n) is 7.96. The summed E-state index contributed by atoms with van der Waals surface area (Å²) in [5.74, 6) is 0.339. The summed E-state index contributed by atoms with van der Waals surface area (Å²) in [6, 6.07) is 17.9. The molecule has 25 heavy (non-hydrogen) atoms. The van der Waals surface area contributed by atoms with E-state index >= 15 is 0 Å². The van der Waals surface area contributed by atoms with Crippen LogP contribution in [0.15, 0.2) is 65.8 Å². The van der Waals surface area contributed by atoms with Crippen molar-refractivity contribution in [1.29, 1.82) is 0 Å². The molecule has 0 bridgehead atoms. The van der Waals surface area contributed by atoms with E-state index in [2.05, 4.69) is 10.5 Å². The van der Waals surface area contributed by atoms with Gasteiger partial charge in [-0.05, 0) is 42.0 Å². The smallest absolute Gasteiger partial charge is 0.271 e. The van der Waals surface area contributed by atoms with Crippen LogP contribution in [0.4, 0.5) is 0 Å². The van der Waals surface area contributed by atoms with Crippen LogP contribution in [0.5, 0.6) is 11.5 Å². The van der Waals surface area contributed by atoms with E-state index in [1.54, 1.807) is 18.3 Å². The number of nitrogens with zero attached hydrogens (tertiary/aromatic N) is 1. The fourth-order valence-corrected chi connectivity index (χ4v) is 2.56. The summed E-state index contributed by atoms with van der Waals surface area (Å²) in [5, 5.41) is 15.6. The summed E-state index contributed by atoms with van der Waals surface area (Å²) in [6.45, 7) is 2.45. The highest BCUT2D eigenvalue weighted by molar-refractivity contribution is 6.03. The van der Waals surface area contributed by atoms with Crippen molar-refractivity contribution in [2.45, 2.75) is 6.92 Å². The molecule has 0 atom stereocenters. The van der Waals surface area contributed by atoms with E-state index in [4.69, 9.17) is 4.74 Å². The molecule has 0 heterocycles. The maximum atomic E-state index is 12.1. The van der Waals surface area contributed by atoms with Crippen LogP contribution in [0.1, 0.15) is 22.8 Å². The topological polar surface area (TPSA) is 70.9 Å². The Labute approximate surface area is 145 Å². The second-order valence-corrected chi connectivity index (χ2v) is 5.38. The fourth-order valence-electron chi connectivity index (χ4n) is 2.56. The molecule has 5 heteroatoms. The van der Waals surface area contributed by atoms with E-state index < -0.39 is 5.91 Å². The number of phenolic OH excluding ortho intramolecular Hbond substituents is 1. The molecule has 0 unspecified atom stereocenters. The third-order valence-electron chi connectivity index (χ3n) is 3.70. The van der Waals surface area contributed by atoms with Gasteiger partial charge in [-0.25, -0.2) is 5.43 Å². The number of carbonyl (C=O) groups excluding carboxylic acids is 1. The van der Waals surface area contributed by atoms with Gasteiger partial charge in [-0.2, -0.15) is 5.10 Å². The number of fused-ring (bicyclic) bond motifs is 1. The van der Waals surface area contributed by atoms with Crippen molar-refractivity contribution in [3.8, 4) is 11.5 Å². The largest absolute Gasteiger partial charge is 0.508 e. The molecule has 126 valence electrons. The van der Waals surface area contributed by atoms with Gasteiger partial charge in [-0.3, -0.25) is 4.79 Å². The maximum Gasteiger partial charge on any atom is 0.271 e. The summed E-state index contributed by atoms with van der Waals surface area (Å²) in [4.78, 5) is 12.1. The Balaban J connectivity index is 1.87. The number of hydrazone groups is 1. The number of amides is 1. The number of rotatable bonds is 5. The van der Waals surface area contributed by atoms with Crippen LogP contribution < -0.4 is 10.2 Å². The fraction of sp³-hybridized carbons (Fsp3) is 0.100. The first kappa shape index (κ1) is 16.5. The van der Waals surface area contributed by atoms with Crippen LogP contribution in [-0.4, -0.2) is 23.8 Å². The van der Waals surface area contributed by atoms with Gasteiger partial charge in [0.2, 0.25) is 0 Å². The molecule has 3 aromatic rings. The lowest BCUT2D eigenvalue weighted by molar-refractivity contribution is 0.0954. The number of nitrogens with one attached hydrogen (secondary N) is 1. The predicted molar refractivity (Wildman–Crippen MR) is 98.3 cm³/mol. The third-order valence-corrected chi connectivity index (χ3v) is 3.70. The van der Waals surface area contributed by atoms with Crippen LogP contribution in [0.3, 0.4) is 0 Å². The van der Waals surface area contributed by atoms with Crippen molar-refractivity contribution in [3.63, 3.8) is 0 Å². The molecule has 5 nitrogen and oxygen atoms in total. The first-order chi connectivity index (χ1) is 12.2. The van der Waals surface area contributed by atoms with Crippen molar-refractivity contribution in [2.75, 3.05) is 6.61 Å². The minimum Gasteiger partial charge on any atom is -0.508 e. The third kappa shape index (κ3) is 3.77. The van der Waals surface area contributed by atoms with Gasteiger partial charge in [0.1, 0.15) is 11.5 Å². The van der Waals surface area contributed by atoms with E-state index in [1.165, 1.54) is 12.1 Å². The number of hydrogen-bond donors (Lipinski definition) is 2. The highest BCUT2D eigenvalue weighted by atomic mass is 16.5. The zero-order valence-electron chi connectivity index (χ0n) is 13.8. The van der Waals surface area contributed by atoms with Gasteiger partial charge in [0, 0.05) is 11.1 Å². The lowest BCUT2D eigenvalue weighted by atomic mass is 10.0. The average Bonchev–Trinajstić information content (AvgIpc) is 2.63. The quantitative estimate of drug-likeness (QED) is 0.552. The minimum absolute atomic E-state index is 0.0318. The van der Waals surface area contributed by atoms with Gasteiger partial charge in [0.15, 0.2) is 0 Å². The lowest BCUT2D eigenvalue weighted by Gasteiger charge is -2.10. The summed E-state index contributed by atoms with van der Waals surface area (Å²) < 4.78 is 5.67. The molecule has 0 fully saturated rings. The molecule has 0 aromatic heterocycles. The summed E-state index contributed by atoms with van der Waals surface area (Å²) in [6.07, 6.45) is 1.58. The second kappa shape index (κ2) is 7.49. The van der Waals surface area contributed by atoms with Crippen molar-refractivity contribution in [3.05, 3.63) is 71.8 Å².